The molecule has 0 fully saturated rings. The van der Waals surface area contributed by atoms with Gasteiger partial charge in [-0.15, -0.1) is 0 Å². The van der Waals surface area contributed by atoms with Crippen LogP contribution in [0.25, 0.3) is 0 Å². The lowest BCUT2D eigenvalue weighted by Gasteiger charge is -2.16. The van der Waals surface area contributed by atoms with Gasteiger partial charge in [-0.05, 0) is 38.6 Å². The molecule has 110 valence electrons. The predicted molar refractivity (Wildman–Crippen MR) is 75.4 cm³/mol. The van der Waals surface area contributed by atoms with Crippen LogP contribution in [0, 0.1) is 0 Å². The molecule has 5 heteroatoms. The molecule has 0 saturated heterocycles. The largest absolute Gasteiger partial charge is 0.466 e. The van der Waals surface area contributed by atoms with Gasteiger partial charge < -0.3 is 14.8 Å². The van der Waals surface area contributed by atoms with E-state index in [2.05, 4.69) is 5.32 Å². The summed E-state index contributed by atoms with van der Waals surface area (Å²) >= 11 is 0. The molecule has 0 aliphatic heterocycles. The molecule has 0 aliphatic carbocycles. The van der Waals surface area contributed by atoms with Crippen LogP contribution in [0.1, 0.15) is 42.2 Å². The first kappa shape index (κ1) is 16.2. The maximum Gasteiger partial charge on any atom is 0.338 e. The van der Waals surface area contributed by atoms with Crippen LogP contribution in [0.15, 0.2) is 24.3 Å². The molecule has 0 aromatic heterocycles. The third kappa shape index (κ3) is 4.66. The van der Waals surface area contributed by atoms with Crippen molar-refractivity contribution in [3.63, 3.8) is 0 Å². The summed E-state index contributed by atoms with van der Waals surface area (Å²) in [6, 6.07) is 6.88. The van der Waals surface area contributed by atoms with E-state index in [1.807, 2.05) is 12.1 Å². The van der Waals surface area contributed by atoms with Gasteiger partial charge in [0.15, 0.2) is 0 Å². The highest BCUT2D eigenvalue weighted by molar-refractivity contribution is 5.89. The molecular formula is C15H21NO4. The molecule has 1 rings (SSSR count). The number of ether oxygens (including phenoxy) is 2. The minimum Gasteiger partial charge on any atom is -0.466 e. The fraction of sp³-hybridized carbons (Fsp3) is 0.467. The van der Waals surface area contributed by atoms with E-state index in [1.165, 1.54) is 0 Å². The number of carbonyl (C=O) groups excluding carboxylic acids is 2. The van der Waals surface area contributed by atoms with Crippen molar-refractivity contribution in [3.05, 3.63) is 35.4 Å². The molecule has 1 unspecified atom stereocenters. The first-order chi connectivity index (χ1) is 9.62. The van der Waals surface area contributed by atoms with E-state index in [1.54, 1.807) is 33.0 Å². The summed E-state index contributed by atoms with van der Waals surface area (Å²) < 4.78 is 9.86. The van der Waals surface area contributed by atoms with Crippen LogP contribution in [-0.4, -0.2) is 32.2 Å². The molecule has 0 aliphatic rings. The average Bonchev–Trinajstić information content (AvgIpc) is 2.45. The first-order valence-electron chi connectivity index (χ1n) is 6.72. The molecule has 5 nitrogen and oxygen atoms in total. The topological polar surface area (TPSA) is 64.6 Å². The summed E-state index contributed by atoms with van der Waals surface area (Å²) in [4.78, 5) is 23.1. The van der Waals surface area contributed by atoms with Gasteiger partial charge in [0, 0.05) is 6.04 Å². The van der Waals surface area contributed by atoms with Crippen LogP contribution < -0.4 is 5.32 Å². The zero-order chi connectivity index (χ0) is 15.0. The lowest BCUT2D eigenvalue weighted by molar-refractivity contribution is -0.143. The van der Waals surface area contributed by atoms with Crippen LogP contribution in [0.5, 0.6) is 0 Å². The van der Waals surface area contributed by atoms with Crippen LogP contribution >= 0.6 is 0 Å². The average molecular weight is 279 g/mol. The fourth-order valence-electron chi connectivity index (χ4n) is 1.84. The number of carbonyl (C=O) groups is 2. The van der Waals surface area contributed by atoms with Gasteiger partial charge in [0.25, 0.3) is 0 Å². The molecular weight excluding hydrogens is 258 g/mol. The highest BCUT2D eigenvalue weighted by atomic mass is 16.5. The summed E-state index contributed by atoms with van der Waals surface area (Å²) in [7, 11) is 1.78. The smallest absolute Gasteiger partial charge is 0.338 e. The van der Waals surface area contributed by atoms with Crippen LogP contribution in [0.3, 0.4) is 0 Å². The van der Waals surface area contributed by atoms with E-state index in [0.29, 0.717) is 18.8 Å². The second kappa shape index (κ2) is 8.32. The number of esters is 2. The Morgan fingerprint density at radius 3 is 2.20 bits per heavy atom. The van der Waals surface area contributed by atoms with Crippen molar-refractivity contribution in [3.8, 4) is 0 Å². The highest BCUT2D eigenvalue weighted by Crippen LogP contribution is 2.18. The van der Waals surface area contributed by atoms with Gasteiger partial charge in [-0.25, -0.2) is 4.79 Å². The Balaban J connectivity index is 2.74. The third-order valence-electron chi connectivity index (χ3n) is 2.85. The van der Waals surface area contributed by atoms with E-state index in [9.17, 15) is 9.59 Å². The fourth-order valence-corrected chi connectivity index (χ4v) is 1.84. The van der Waals surface area contributed by atoms with Gasteiger partial charge >= 0.3 is 11.9 Å². The third-order valence-corrected chi connectivity index (χ3v) is 2.85. The molecule has 0 radical (unpaired) electrons. The molecule has 0 saturated carbocycles. The maximum absolute atomic E-state index is 11.5. The Kier molecular flexibility index (Phi) is 6.73. The second-order valence-corrected chi connectivity index (χ2v) is 4.19. The summed E-state index contributed by atoms with van der Waals surface area (Å²) in [5.74, 6) is -0.591. The summed E-state index contributed by atoms with van der Waals surface area (Å²) in [6.45, 7) is 4.27. The lowest BCUT2D eigenvalue weighted by atomic mass is 10.0. The zero-order valence-corrected chi connectivity index (χ0v) is 12.1. The molecule has 1 aromatic carbocycles. The van der Waals surface area contributed by atoms with Gasteiger partial charge in [0.05, 0.1) is 25.2 Å². The Morgan fingerprint density at radius 2 is 1.70 bits per heavy atom. The molecule has 0 heterocycles. The molecule has 1 aromatic rings. The van der Waals surface area contributed by atoms with Gasteiger partial charge in [-0.1, -0.05) is 12.1 Å². The Hall–Kier alpha value is -1.88. The summed E-state index contributed by atoms with van der Waals surface area (Å²) in [5.41, 5.74) is 1.43. The minimum atomic E-state index is -0.342. The maximum atomic E-state index is 11.5. The van der Waals surface area contributed by atoms with Gasteiger partial charge in [0.1, 0.15) is 0 Å². The van der Waals surface area contributed by atoms with Gasteiger partial charge in [-0.2, -0.15) is 0 Å². The van der Waals surface area contributed by atoms with Crippen LogP contribution in [-0.2, 0) is 14.3 Å². The van der Waals surface area contributed by atoms with E-state index >= 15 is 0 Å². The standard InChI is InChI=1S/C15H21NO4/c1-4-19-14(17)10-13(16-3)11-6-8-12(9-7-11)15(18)20-5-2/h6-9,13,16H,4-5,10H2,1-3H3. The molecule has 1 atom stereocenters. The molecule has 20 heavy (non-hydrogen) atoms. The van der Waals surface area contributed by atoms with Crippen LogP contribution in [0.4, 0.5) is 0 Å². The molecule has 0 bridgehead atoms. The monoisotopic (exact) mass is 279 g/mol. The predicted octanol–water partition coefficient (Wildman–Crippen LogP) is 2.08. The van der Waals surface area contributed by atoms with Gasteiger partial charge in [-0.3, -0.25) is 4.79 Å². The minimum absolute atomic E-state index is 0.134. The summed E-state index contributed by atoms with van der Waals surface area (Å²) in [5, 5.41) is 3.06. The molecule has 1 N–H and O–H groups in total. The highest BCUT2D eigenvalue weighted by Gasteiger charge is 2.15. The quantitative estimate of drug-likeness (QED) is 0.774. The van der Waals surface area contributed by atoms with Crippen molar-refractivity contribution >= 4 is 11.9 Å². The van der Waals surface area contributed by atoms with Crippen LogP contribution in [0.2, 0.25) is 0 Å². The SMILES string of the molecule is CCOC(=O)CC(NC)c1ccc(C(=O)OCC)cc1. The molecule has 0 amide bonds. The Labute approximate surface area is 119 Å². The van der Waals surface area contributed by atoms with Crippen molar-refractivity contribution in [1.82, 2.24) is 5.32 Å². The number of rotatable bonds is 7. The number of benzene rings is 1. The van der Waals surface area contributed by atoms with E-state index in [-0.39, 0.29) is 24.4 Å². The second-order valence-electron chi connectivity index (χ2n) is 4.19. The van der Waals surface area contributed by atoms with Crippen molar-refractivity contribution in [2.45, 2.75) is 26.3 Å². The zero-order valence-electron chi connectivity index (χ0n) is 12.1. The number of hydrogen-bond acceptors (Lipinski definition) is 5. The van der Waals surface area contributed by atoms with E-state index < -0.39 is 0 Å². The number of nitrogens with one attached hydrogen (secondary N) is 1. The lowest BCUT2D eigenvalue weighted by Crippen LogP contribution is -2.21. The normalized spacial score (nSPS) is 11.8. The Morgan fingerprint density at radius 1 is 1.10 bits per heavy atom. The Bertz CT molecular complexity index is 442. The van der Waals surface area contributed by atoms with E-state index in [4.69, 9.17) is 9.47 Å². The van der Waals surface area contributed by atoms with Crippen molar-refractivity contribution in [2.75, 3.05) is 20.3 Å². The number of hydrogen-bond donors (Lipinski definition) is 1. The summed E-state index contributed by atoms with van der Waals surface area (Å²) in [6.07, 6.45) is 0.253. The first-order valence-corrected chi connectivity index (χ1v) is 6.72. The van der Waals surface area contributed by atoms with E-state index in [0.717, 1.165) is 5.56 Å². The van der Waals surface area contributed by atoms with Crippen molar-refractivity contribution in [2.24, 2.45) is 0 Å². The van der Waals surface area contributed by atoms with Crippen molar-refractivity contribution < 1.29 is 19.1 Å². The van der Waals surface area contributed by atoms with Gasteiger partial charge in [0.2, 0.25) is 0 Å². The molecule has 0 spiro atoms. The van der Waals surface area contributed by atoms with Crippen molar-refractivity contribution in [1.29, 1.82) is 0 Å².